The lowest BCUT2D eigenvalue weighted by Crippen LogP contribution is -2.24. The van der Waals surface area contributed by atoms with Gasteiger partial charge in [-0.25, -0.2) is 13.1 Å². The van der Waals surface area contributed by atoms with E-state index in [1.54, 1.807) is 24.3 Å². The van der Waals surface area contributed by atoms with Crippen molar-refractivity contribution in [1.29, 1.82) is 0 Å². The Morgan fingerprint density at radius 1 is 1.24 bits per heavy atom. The molecule has 0 saturated heterocycles. The van der Waals surface area contributed by atoms with Crippen LogP contribution in [-0.4, -0.2) is 15.0 Å². The molecule has 0 radical (unpaired) electrons. The van der Waals surface area contributed by atoms with Gasteiger partial charge in [0, 0.05) is 13.0 Å². The second-order valence-corrected chi connectivity index (χ2v) is 5.64. The van der Waals surface area contributed by atoms with Gasteiger partial charge in [0.1, 0.15) is 0 Å². The van der Waals surface area contributed by atoms with E-state index in [1.807, 2.05) is 6.92 Å². The fraction of sp³-hybridized carbons (Fsp3) is 0.385. The summed E-state index contributed by atoms with van der Waals surface area (Å²) < 4.78 is 26.2. The van der Waals surface area contributed by atoms with Gasteiger partial charge in [-0.15, -0.1) is 12.3 Å². The van der Waals surface area contributed by atoms with Crippen molar-refractivity contribution in [2.45, 2.75) is 31.1 Å². The van der Waals surface area contributed by atoms with Crippen LogP contribution in [0.5, 0.6) is 0 Å². The van der Waals surface area contributed by atoms with Crippen LogP contribution in [0.25, 0.3) is 0 Å². The molecule has 0 spiro atoms. The quantitative estimate of drug-likeness (QED) is 0.621. The van der Waals surface area contributed by atoms with Crippen LogP contribution in [0.2, 0.25) is 0 Å². The van der Waals surface area contributed by atoms with Crippen LogP contribution in [0.15, 0.2) is 29.2 Å². The molecule has 0 unspecified atom stereocenters. The zero-order chi connectivity index (χ0) is 12.7. The van der Waals surface area contributed by atoms with Crippen LogP contribution in [-0.2, 0) is 10.0 Å². The number of benzene rings is 1. The third kappa shape index (κ3) is 4.59. The van der Waals surface area contributed by atoms with Crippen LogP contribution in [0.3, 0.4) is 0 Å². The molecule has 0 atom stereocenters. The van der Waals surface area contributed by atoms with E-state index in [0.717, 1.165) is 18.4 Å². The zero-order valence-corrected chi connectivity index (χ0v) is 10.8. The molecule has 0 aromatic heterocycles. The molecular weight excluding hydrogens is 234 g/mol. The molecule has 4 heteroatoms. The molecule has 1 N–H and O–H groups in total. The first-order chi connectivity index (χ1) is 8.06. The lowest BCUT2D eigenvalue weighted by atomic mass is 10.2. The van der Waals surface area contributed by atoms with Crippen LogP contribution >= 0.6 is 0 Å². The summed E-state index contributed by atoms with van der Waals surface area (Å²) in [5, 5.41) is 0. The number of hydrogen-bond acceptors (Lipinski definition) is 2. The van der Waals surface area contributed by atoms with Crippen molar-refractivity contribution in [2.24, 2.45) is 0 Å². The Bertz CT molecular complexity index is 483. The summed E-state index contributed by atoms with van der Waals surface area (Å²) in [5.41, 5.74) is 1.04. The SMILES string of the molecule is C#CCCCCNS(=O)(=O)c1ccc(C)cc1. The van der Waals surface area contributed by atoms with Gasteiger partial charge in [-0.3, -0.25) is 0 Å². The first kappa shape index (κ1) is 13.8. The van der Waals surface area contributed by atoms with Gasteiger partial charge in [0.2, 0.25) is 10.0 Å². The smallest absolute Gasteiger partial charge is 0.211 e. The molecule has 0 heterocycles. The van der Waals surface area contributed by atoms with E-state index in [0.29, 0.717) is 17.9 Å². The first-order valence-corrected chi connectivity index (χ1v) is 7.04. The highest BCUT2D eigenvalue weighted by atomic mass is 32.2. The second kappa shape index (κ2) is 6.43. The molecule has 0 aliphatic rings. The zero-order valence-electron chi connectivity index (χ0n) is 9.94. The molecule has 1 rings (SSSR count). The number of hydrogen-bond donors (Lipinski definition) is 1. The fourth-order valence-corrected chi connectivity index (χ4v) is 2.43. The predicted molar refractivity (Wildman–Crippen MR) is 69.1 cm³/mol. The number of sulfonamides is 1. The van der Waals surface area contributed by atoms with Gasteiger partial charge in [-0.1, -0.05) is 17.7 Å². The van der Waals surface area contributed by atoms with Gasteiger partial charge >= 0.3 is 0 Å². The van der Waals surface area contributed by atoms with Crippen molar-refractivity contribution in [3.8, 4) is 12.3 Å². The first-order valence-electron chi connectivity index (χ1n) is 5.56. The summed E-state index contributed by atoms with van der Waals surface area (Å²) in [7, 11) is -3.37. The van der Waals surface area contributed by atoms with Crippen molar-refractivity contribution in [1.82, 2.24) is 4.72 Å². The van der Waals surface area contributed by atoms with Gasteiger partial charge in [0.15, 0.2) is 0 Å². The summed E-state index contributed by atoms with van der Waals surface area (Å²) in [6.07, 6.45) is 7.40. The van der Waals surface area contributed by atoms with Crippen molar-refractivity contribution < 1.29 is 8.42 Å². The van der Waals surface area contributed by atoms with Crippen molar-refractivity contribution >= 4 is 10.0 Å². The fourth-order valence-electron chi connectivity index (χ4n) is 1.36. The highest BCUT2D eigenvalue weighted by molar-refractivity contribution is 7.89. The Morgan fingerprint density at radius 2 is 1.88 bits per heavy atom. The molecule has 1 aromatic carbocycles. The van der Waals surface area contributed by atoms with Crippen LogP contribution in [0.1, 0.15) is 24.8 Å². The Labute approximate surface area is 103 Å². The van der Waals surface area contributed by atoms with Gasteiger partial charge in [0.05, 0.1) is 4.90 Å². The predicted octanol–water partition coefficient (Wildman–Crippen LogP) is 2.08. The molecule has 1 aromatic rings. The van der Waals surface area contributed by atoms with E-state index in [9.17, 15) is 8.42 Å². The van der Waals surface area contributed by atoms with Gasteiger partial charge in [0.25, 0.3) is 0 Å². The van der Waals surface area contributed by atoms with Crippen molar-refractivity contribution in [3.63, 3.8) is 0 Å². The lowest BCUT2D eigenvalue weighted by Gasteiger charge is -2.06. The molecule has 0 bridgehead atoms. The normalized spacial score (nSPS) is 11.1. The van der Waals surface area contributed by atoms with E-state index >= 15 is 0 Å². The Balaban J connectivity index is 2.52. The average molecular weight is 251 g/mol. The standard InChI is InChI=1S/C13H17NO2S/c1-3-4-5-6-11-14-17(15,16)13-9-7-12(2)8-10-13/h1,7-10,14H,4-6,11H2,2H3. The Morgan fingerprint density at radius 3 is 2.47 bits per heavy atom. The largest absolute Gasteiger partial charge is 0.240 e. The lowest BCUT2D eigenvalue weighted by molar-refractivity contribution is 0.577. The molecule has 17 heavy (non-hydrogen) atoms. The summed E-state index contributed by atoms with van der Waals surface area (Å²) in [6.45, 7) is 2.35. The third-order valence-corrected chi connectivity index (χ3v) is 3.85. The van der Waals surface area contributed by atoms with Crippen molar-refractivity contribution in [2.75, 3.05) is 6.54 Å². The number of rotatable bonds is 6. The highest BCUT2D eigenvalue weighted by Gasteiger charge is 2.11. The van der Waals surface area contributed by atoms with Crippen molar-refractivity contribution in [3.05, 3.63) is 29.8 Å². The number of unbranched alkanes of at least 4 members (excludes halogenated alkanes) is 2. The van der Waals surface area contributed by atoms with Crippen LogP contribution in [0, 0.1) is 19.3 Å². The molecule has 92 valence electrons. The van der Waals surface area contributed by atoms with E-state index in [-0.39, 0.29) is 0 Å². The van der Waals surface area contributed by atoms with E-state index < -0.39 is 10.0 Å². The molecule has 0 amide bonds. The van der Waals surface area contributed by atoms with E-state index in [1.165, 1.54) is 0 Å². The summed E-state index contributed by atoms with van der Waals surface area (Å²) in [5.74, 6) is 2.53. The number of nitrogens with one attached hydrogen (secondary N) is 1. The van der Waals surface area contributed by atoms with Gasteiger partial charge in [-0.05, 0) is 31.9 Å². The molecule has 3 nitrogen and oxygen atoms in total. The summed E-state index contributed by atoms with van der Waals surface area (Å²) >= 11 is 0. The maximum atomic E-state index is 11.8. The summed E-state index contributed by atoms with van der Waals surface area (Å²) in [4.78, 5) is 0.306. The van der Waals surface area contributed by atoms with Crippen LogP contribution < -0.4 is 4.72 Å². The topological polar surface area (TPSA) is 46.2 Å². The second-order valence-electron chi connectivity index (χ2n) is 3.87. The minimum Gasteiger partial charge on any atom is -0.211 e. The molecule has 0 aliphatic carbocycles. The number of aryl methyl sites for hydroxylation is 1. The summed E-state index contributed by atoms with van der Waals surface area (Å²) in [6, 6.07) is 6.79. The highest BCUT2D eigenvalue weighted by Crippen LogP contribution is 2.09. The average Bonchev–Trinajstić information content (AvgIpc) is 2.29. The minimum atomic E-state index is -3.37. The number of terminal acetylenes is 1. The molecule has 0 aliphatic heterocycles. The van der Waals surface area contributed by atoms with Crippen LogP contribution in [0.4, 0.5) is 0 Å². The monoisotopic (exact) mass is 251 g/mol. The minimum absolute atomic E-state index is 0.306. The molecular formula is C13H17NO2S. The Kier molecular flexibility index (Phi) is 5.20. The van der Waals surface area contributed by atoms with E-state index in [2.05, 4.69) is 10.6 Å². The maximum Gasteiger partial charge on any atom is 0.240 e. The third-order valence-electron chi connectivity index (χ3n) is 2.37. The van der Waals surface area contributed by atoms with Gasteiger partial charge < -0.3 is 0 Å². The molecule has 0 fully saturated rings. The van der Waals surface area contributed by atoms with E-state index in [4.69, 9.17) is 6.42 Å². The molecule has 0 saturated carbocycles. The maximum absolute atomic E-state index is 11.8. The van der Waals surface area contributed by atoms with Gasteiger partial charge in [-0.2, -0.15) is 0 Å². The Hall–Kier alpha value is -1.31.